The van der Waals surface area contributed by atoms with Crippen LogP contribution in [0.1, 0.15) is 53.4 Å². The van der Waals surface area contributed by atoms with Crippen molar-refractivity contribution in [2.24, 2.45) is 5.41 Å². The van der Waals surface area contributed by atoms with Crippen molar-refractivity contribution in [2.45, 2.75) is 59.4 Å². The third-order valence-electron chi connectivity index (χ3n) is 4.59. The summed E-state index contributed by atoms with van der Waals surface area (Å²) >= 11 is 0. The van der Waals surface area contributed by atoms with Gasteiger partial charge in [0.25, 0.3) is 0 Å². The van der Waals surface area contributed by atoms with Crippen molar-refractivity contribution in [1.82, 2.24) is 10.2 Å². The summed E-state index contributed by atoms with van der Waals surface area (Å²) in [6.07, 6.45) is 5.37. The number of likely N-dealkylation sites (tertiary alicyclic amines) is 1. The average molecular weight is 226 g/mol. The molecule has 0 bridgehead atoms. The second-order valence-corrected chi connectivity index (χ2v) is 5.30. The molecule has 1 aliphatic heterocycles. The van der Waals surface area contributed by atoms with Crippen LogP contribution in [-0.2, 0) is 0 Å². The van der Waals surface area contributed by atoms with Gasteiger partial charge in [-0.05, 0) is 44.2 Å². The molecule has 16 heavy (non-hydrogen) atoms. The van der Waals surface area contributed by atoms with Gasteiger partial charge in [0.15, 0.2) is 0 Å². The Kier molecular flexibility index (Phi) is 5.77. The largest absolute Gasteiger partial charge is 0.315 e. The highest BCUT2D eigenvalue weighted by Gasteiger charge is 2.36. The van der Waals surface area contributed by atoms with Crippen molar-refractivity contribution in [3.63, 3.8) is 0 Å². The molecular weight excluding hydrogens is 196 g/mol. The third kappa shape index (κ3) is 3.21. The zero-order valence-electron chi connectivity index (χ0n) is 11.7. The van der Waals surface area contributed by atoms with Gasteiger partial charge in [0.05, 0.1) is 0 Å². The Hall–Kier alpha value is -0.0800. The minimum Gasteiger partial charge on any atom is -0.315 e. The van der Waals surface area contributed by atoms with Gasteiger partial charge in [0, 0.05) is 19.1 Å². The molecule has 2 nitrogen and oxygen atoms in total. The molecule has 1 unspecified atom stereocenters. The van der Waals surface area contributed by atoms with Gasteiger partial charge < -0.3 is 5.32 Å². The summed E-state index contributed by atoms with van der Waals surface area (Å²) in [5.41, 5.74) is 0.625. The Balaban J connectivity index is 2.49. The van der Waals surface area contributed by atoms with Gasteiger partial charge in [-0.15, -0.1) is 0 Å². The van der Waals surface area contributed by atoms with E-state index in [1.54, 1.807) is 0 Å². The molecule has 1 fully saturated rings. The molecule has 1 heterocycles. The zero-order chi connectivity index (χ0) is 12.0. The molecule has 0 spiro atoms. The SMILES string of the molecule is CCNCC(CC)N1CCC(CC)(CC)C1. The molecule has 0 saturated carbocycles. The molecule has 1 aliphatic rings. The van der Waals surface area contributed by atoms with Crippen molar-refractivity contribution in [3.05, 3.63) is 0 Å². The van der Waals surface area contributed by atoms with Gasteiger partial charge in [0.2, 0.25) is 0 Å². The molecule has 1 rings (SSSR count). The first-order valence-electron chi connectivity index (χ1n) is 7.16. The van der Waals surface area contributed by atoms with Crippen LogP contribution in [-0.4, -0.2) is 37.1 Å². The van der Waals surface area contributed by atoms with Gasteiger partial charge in [0.1, 0.15) is 0 Å². The molecule has 96 valence electrons. The molecule has 0 aromatic heterocycles. The van der Waals surface area contributed by atoms with Crippen LogP contribution < -0.4 is 5.32 Å². The van der Waals surface area contributed by atoms with Crippen LogP contribution in [0.15, 0.2) is 0 Å². The Morgan fingerprint density at radius 1 is 1.19 bits per heavy atom. The predicted molar refractivity (Wildman–Crippen MR) is 71.8 cm³/mol. The summed E-state index contributed by atoms with van der Waals surface area (Å²) in [7, 11) is 0. The summed E-state index contributed by atoms with van der Waals surface area (Å²) in [4.78, 5) is 2.72. The molecule has 1 saturated heterocycles. The lowest BCUT2D eigenvalue weighted by atomic mass is 9.82. The van der Waals surface area contributed by atoms with E-state index in [4.69, 9.17) is 0 Å². The van der Waals surface area contributed by atoms with E-state index in [2.05, 4.69) is 37.9 Å². The van der Waals surface area contributed by atoms with Crippen LogP contribution >= 0.6 is 0 Å². The summed E-state index contributed by atoms with van der Waals surface area (Å²) in [6, 6.07) is 0.750. The lowest BCUT2D eigenvalue weighted by molar-refractivity contribution is 0.186. The van der Waals surface area contributed by atoms with E-state index < -0.39 is 0 Å². The lowest BCUT2D eigenvalue weighted by Gasteiger charge is -2.31. The van der Waals surface area contributed by atoms with E-state index >= 15 is 0 Å². The topological polar surface area (TPSA) is 15.3 Å². The highest BCUT2D eigenvalue weighted by Crippen LogP contribution is 2.37. The molecule has 2 heteroatoms. The molecule has 0 aliphatic carbocycles. The smallest absolute Gasteiger partial charge is 0.0218 e. The fraction of sp³-hybridized carbons (Fsp3) is 1.00. The molecule has 0 aromatic carbocycles. The molecular formula is C14H30N2. The van der Waals surface area contributed by atoms with Crippen LogP contribution in [0, 0.1) is 5.41 Å². The predicted octanol–water partition coefficient (Wildman–Crippen LogP) is 2.89. The maximum absolute atomic E-state index is 3.50. The van der Waals surface area contributed by atoms with Gasteiger partial charge in [-0.1, -0.05) is 27.7 Å². The van der Waals surface area contributed by atoms with Crippen LogP contribution in [0.25, 0.3) is 0 Å². The standard InChI is InChI=1S/C14H30N2/c1-5-13(11-15-8-4)16-10-9-14(6-2,7-3)12-16/h13,15H,5-12H2,1-4H3. The highest BCUT2D eigenvalue weighted by atomic mass is 15.2. The second kappa shape index (κ2) is 6.61. The van der Waals surface area contributed by atoms with Gasteiger partial charge in [-0.2, -0.15) is 0 Å². The minimum atomic E-state index is 0.625. The van der Waals surface area contributed by atoms with Gasteiger partial charge in [-0.3, -0.25) is 4.90 Å². The number of nitrogens with one attached hydrogen (secondary N) is 1. The second-order valence-electron chi connectivity index (χ2n) is 5.30. The summed E-state index contributed by atoms with van der Waals surface area (Å²) in [5.74, 6) is 0. The molecule has 0 aromatic rings. The summed E-state index contributed by atoms with van der Waals surface area (Å²) < 4.78 is 0. The van der Waals surface area contributed by atoms with E-state index in [0.717, 1.165) is 19.1 Å². The number of hydrogen-bond donors (Lipinski definition) is 1. The Morgan fingerprint density at radius 2 is 1.88 bits per heavy atom. The zero-order valence-corrected chi connectivity index (χ0v) is 11.7. The first kappa shape index (κ1) is 14.0. The fourth-order valence-electron chi connectivity index (χ4n) is 2.95. The number of hydrogen-bond acceptors (Lipinski definition) is 2. The number of nitrogens with zero attached hydrogens (tertiary/aromatic N) is 1. The molecule has 0 radical (unpaired) electrons. The quantitative estimate of drug-likeness (QED) is 0.718. The van der Waals surface area contributed by atoms with Crippen molar-refractivity contribution >= 4 is 0 Å². The number of rotatable bonds is 7. The minimum absolute atomic E-state index is 0.625. The molecule has 1 N–H and O–H groups in total. The van der Waals surface area contributed by atoms with E-state index in [9.17, 15) is 0 Å². The first-order valence-corrected chi connectivity index (χ1v) is 7.16. The normalized spacial score (nSPS) is 22.5. The van der Waals surface area contributed by atoms with Crippen LogP contribution in [0.2, 0.25) is 0 Å². The molecule has 0 amide bonds. The van der Waals surface area contributed by atoms with Gasteiger partial charge in [-0.25, -0.2) is 0 Å². The highest BCUT2D eigenvalue weighted by molar-refractivity contribution is 4.91. The lowest BCUT2D eigenvalue weighted by Crippen LogP contribution is -2.41. The van der Waals surface area contributed by atoms with E-state index in [0.29, 0.717) is 5.41 Å². The average Bonchev–Trinajstić information content (AvgIpc) is 2.75. The maximum Gasteiger partial charge on any atom is 0.0218 e. The fourth-order valence-corrected chi connectivity index (χ4v) is 2.95. The van der Waals surface area contributed by atoms with Gasteiger partial charge >= 0.3 is 0 Å². The van der Waals surface area contributed by atoms with E-state index in [1.807, 2.05) is 0 Å². The Labute approximate surface area is 102 Å². The number of likely N-dealkylation sites (N-methyl/N-ethyl adjacent to an activating group) is 1. The van der Waals surface area contributed by atoms with Crippen LogP contribution in [0.3, 0.4) is 0 Å². The van der Waals surface area contributed by atoms with Crippen molar-refractivity contribution in [1.29, 1.82) is 0 Å². The van der Waals surface area contributed by atoms with Crippen molar-refractivity contribution in [3.8, 4) is 0 Å². The van der Waals surface area contributed by atoms with Crippen LogP contribution in [0.4, 0.5) is 0 Å². The Bertz CT molecular complexity index is 187. The van der Waals surface area contributed by atoms with Crippen molar-refractivity contribution < 1.29 is 0 Å². The maximum atomic E-state index is 3.50. The Morgan fingerprint density at radius 3 is 2.31 bits per heavy atom. The summed E-state index contributed by atoms with van der Waals surface area (Å²) in [6.45, 7) is 14.1. The van der Waals surface area contributed by atoms with E-state index in [-0.39, 0.29) is 0 Å². The third-order valence-corrected chi connectivity index (χ3v) is 4.59. The van der Waals surface area contributed by atoms with Crippen molar-refractivity contribution in [2.75, 3.05) is 26.2 Å². The van der Waals surface area contributed by atoms with E-state index in [1.165, 1.54) is 38.8 Å². The van der Waals surface area contributed by atoms with Crippen LogP contribution in [0.5, 0.6) is 0 Å². The molecule has 1 atom stereocenters. The first-order chi connectivity index (χ1) is 7.71. The monoisotopic (exact) mass is 226 g/mol. The summed E-state index contributed by atoms with van der Waals surface area (Å²) in [5, 5.41) is 3.50.